The van der Waals surface area contributed by atoms with Crippen LogP contribution >= 0.6 is 15.9 Å². The highest BCUT2D eigenvalue weighted by atomic mass is 79.9. The number of nitrogens with zero attached hydrogens (tertiary/aromatic N) is 4. The lowest BCUT2D eigenvalue weighted by Gasteiger charge is -2.14. The van der Waals surface area contributed by atoms with Gasteiger partial charge in [0.2, 0.25) is 0 Å². The van der Waals surface area contributed by atoms with E-state index in [0.29, 0.717) is 22.3 Å². The second kappa shape index (κ2) is 8.20. The Morgan fingerprint density at radius 1 is 1.12 bits per heavy atom. The Kier molecular flexibility index (Phi) is 5.56. The van der Waals surface area contributed by atoms with Gasteiger partial charge in [-0.1, -0.05) is 22.0 Å². The third-order valence-electron chi connectivity index (χ3n) is 5.53. The van der Waals surface area contributed by atoms with Crippen molar-refractivity contribution in [1.82, 2.24) is 14.2 Å². The number of aromatic nitrogens is 3. The van der Waals surface area contributed by atoms with Gasteiger partial charge in [-0.05, 0) is 69.7 Å². The van der Waals surface area contributed by atoms with Crippen LogP contribution in [0.2, 0.25) is 0 Å². The van der Waals surface area contributed by atoms with Gasteiger partial charge in [-0.3, -0.25) is 4.79 Å². The lowest BCUT2D eigenvalue weighted by atomic mass is 10.1. The first-order valence-electron chi connectivity index (χ1n) is 9.94. The smallest absolute Gasteiger partial charge is 0.336 e. The summed E-state index contributed by atoms with van der Waals surface area (Å²) in [5, 5.41) is 14.4. The van der Waals surface area contributed by atoms with E-state index in [9.17, 15) is 14.7 Å². The molecule has 0 atom stereocenters. The second-order valence-corrected chi connectivity index (χ2v) is 8.51. The van der Waals surface area contributed by atoms with Gasteiger partial charge in [0.1, 0.15) is 5.82 Å². The lowest BCUT2D eigenvalue weighted by Crippen LogP contribution is -2.20. The molecule has 0 saturated carbocycles. The Balaban J connectivity index is 1.81. The number of carboxylic acids is 1. The molecule has 2 aromatic carbocycles. The Labute approximate surface area is 192 Å². The molecule has 0 saturated heterocycles. The summed E-state index contributed by atoms with van der Waals surface area (Å²) in [4.78, 5) is 29.0. The molecule has 0 spiro atoms. The molecule has 0 aliphatic heterocycles. The van der Waals surface area contributed by atoms with E-state index in [4.69, 9.17) is 0 Å². The zero-order chi connectivity index (χ0) is 23.2. The molecule has 32 heavy (non-hydrogen) atoms. The van der Waals surface area contributed by atoms with E-state index >= 15 is 0 Å². The molecule has 1 N–H and O–H groups in total. The quantitative estimate of drug-likeness (QED) is 0.415. The largest absolute Gasteiger partial charge is 0.478 e. The number of halogens is 1. The predicted molar refractivity (Wildman–Crippen MR) is 128 cm³/mol. The van der Waals surface area contributed by atoms with Crippen LogP contribution < -0.4 is 5.56 Å². The van der Waals surface area contributed by atoms with Crippen LogP contribution in [0.25, 0.3) is 16.6 Å². The molecule has 0 unspecified atom stereocenters. The summed E-state index contributed by atoms with van der Waals surface area (Å²) < 4.78 is 4.08. The number of fused-ring (bicyclic) bond motifs is 1. The molecule has 0 amide bonds. The first-order chi connectivity index (χ1) is 15.2. The van der Waals surface area contributed by atoms with Gasteiger partial charge >= 0.3 is 5.97 Å². The fraction of sp³-hybridized carbons (Fsp3) is 0.167. The molecule has 8 heteroatoms. The SMILES string of the molecule is Cc1c(C(=O)O)cccc1-n1c(C)cc(C=Nn2c(C)nc3ccc(Br)cc3c2=O)c1C. The molecule has 2 aromatic heterocycles. The highest BCUT2D eigenvalue weighted by molar-refractivity contribution is 9.10. The van der Waals surface area contributed by atoms with Crippen molar-refractivity contribution in [2.75, 3.05) is 0 Å². The van der Waals surface area contributed by atoms with Crippen molar-refractivity contribution in [2.24, 2.45) is 5.10 Å². The maximum absolute atomic E-state index is 13.0. The fourth-order valence-corrected chi connectivity index (χ4v) is 4.26. The number of hydrogen-bond acceptors (Lipinski definition) is 4. The third kappa shape index (κ3) is 3.67. The second-order valence-electron chi connectivity index (χ2n) is 7.60. The predicted octanol–water partition coefficient (Wildman–Crippen LogP) is 4.76. The molecular weight excluding hydrogens is 472 g/mol. The summed E-state index contributed by atoms with van der Waals surface area (Å²) >= 11 is 3.39. The Bertz CT molecular complexity index is 1480. The molecule has 7 nitrogen and oxygen atoms in total. The maximum Gasteiger partial charge on any atom is 0.336 e. The fourth-order valence-electron chi connectivity index (χ4n) is 3.90. The van der Waals surface area contributed by atoms with E-state index in [1.165, 1.54) is 4.68 Å². The number of benzene rings is 2. The minimum Gasteiger partial charge on any atom is -0.478 e. The molecule has 162 valence electrons. The Morgan fingerprint density at radius 2 is 1.88 bits per heavy atom. The van der Waals surface area contributed by atoms with Crippen molar-refractivity contribution in [3.8, 4) is 5.69 Å². The van der Waals surface area contributed by atoms with Gasteiger partial charge in [0, 0.05) is 27.1 Å². The Hall–Kier alpha value is -3.52. The van der Waals surface area contributed by atoms with E-state index in [1.807, 2.05) is 36.6 Å². The van der Waals surface area contributed by atoms with Crippen molar-refractivity contribution < 1.29 is 9.90 Å². The van der Waals surface area contributed by atoms with Gasteiger partial charge < -0.3 is 9.67 Å². The first-order valence-corrected chi connectivity index (χ1v) is 10.7. The van der Waals surface area contributed by atoms with E-state index in [2.05, 4.69) is 26.0 Å². The Morgan fingerprint density at radius 3 is 2.59 bits per heavy atom. The van der Waals surface area contributed by atoms with Crippen molar-refractivity contribution in [3.63, 3.8) is 0 Å². The minimum atomic E-state index is -0.959. The van der Waals surface area contributed by atoms with Crippen LogP contribution in [0.4, 0.5) is 0 Å². The van der Waals surface area contributed by atoms with Crippen molar-refractivity contribution in [3.05, 3.63) is 91.2 Å². The highest BCUT2D eigenvalue weighted by Crippen LogP contribution is 2.25. The van der Waals surface area contributed by atoms with Crippen molar-refractivity contribution in [2.45, 2.75) is 27.7 Å². The van der Waals surface area contributed by atoms with Gasteiger partial charge in [0.25, 0.3) is 5.56 Å². The van der Waals surface area contributed by atoms with Crippen LogP contribution in [0.1, 0.15) is 38.7 Å². The minimum absolute atomic E-state index is 0.246. The summed E-state index contributed by atoms with van der Waals surface area (Å²) in [6.45, 7) is 7.42. The standard InChI is InChI=1S/C24H21BrN4O3/c1-13-10-17(15(3)28(13)22-7-5-6-19(14(22)2)24(31)32)12-26-29-16(4)27-21-9-8-18(25)11-20(21)23(29)30/h5-12H,1-4H3,(H,31,32). The van der Waals surface area contributed by atoms with Crippen LogP contribution in [-0.4, -0.2) is 31.5 Å². The van der Waals surface area contributed by atoms with Crippen molar-refractivity contribution >= 4 is 39.0 Å². The first kappa shape index (κ1) is 21.7. The molecule has 0 radical (unpaired) electrons. The number of rotatable bonds is 4. The normalized spacial score (nSPS) is 11.5. The van der Waals surface area contributed by atoms with Crippen LogP contribution in [0.3, 0.4) is 0 Å². The van der Waals surface area contributed by atoms with E-state index < -0.39 is 5.97 Å². The van der Waals surface area contributed by atoms with Gasteiger partial charge in [0.05, 0.1) is 22.7 Å². The van der Waals surface area contributed by atoms with Crippen LogP contribution in [0.5, 0.6) is 0 Å². The third-order valence-corrected chi connectivity index (χ3v) is 6.02. The monoisotopic (exact) mass is 492 g/mol. The number of carbonyl (C=O) groups is 1. The number of aromatic carboxylic acids is 1. The van der Waals surface area contributed by atoms with Crippen molar-refractivity contribution in [1.29, 1.82) is 0 Å². The zero-order valence-corrected chi connectivity index (χ0v) is 19.6. The summed E-state index contributed by atoms with van der Waals surface area (Å²) in [6.07, 6.45) is 1.63. The van der Waals surface area contributed by atoms with E-state index in [0.717, 1.165) is 27.1 Å². The summed E-state index contributed by atoms with van der Waals surface area (Å²) in [5.74, 6) is -0.473. The molecule has 0 bridgehead atoms. The number of carboxylic acid groups (broad SMARTS) is 1. The van der Waals surface area contributed by atoms with E-state index in [1.54, 1.807) is 44.3 Å². The van der Waals surface area contributed by atoms with Crippen LogP contribution in [-0.2, 0) is 0 Å². The van der Waals surface area contributed by atoms with Gasteiger partial charge in [-0.2, -0.15) is 9.78 Å². The summed E-state index contributed by atoms with van der Waals surface area (Å²) in [6, 6.07) is 12.6. The average molecular weight is 493 g/mol. The summed E-state index contributed by atoms with van der Waals surface area (Å²) in [7, 11) is 0. The van der Waals surface area contributed by atoms with Crippen LogP contribution in [0, 0.1) is 27.7 Å². The zero-order valence-electron chi connectivity index (χ0n) is 18.0. The molecule has 4 rings (SSSR count). The highest BCUT2D eigenvalue weighted by Gasteiger charge is 2.16. The molecule has 2 heterocycles. The number of hydrogen-bond donors (Lipinski definition) is 1. The maximum atomic E-state index is 13.0. The molecule has 4 aromatic rings. The molecule has 0 fully saturated rings. The van der Waals surface area contributed by atoms with Gasteiger partial charge in [-0.25, -0.2) is 9.78 Å². The number of aryl methyl sites for hydroxylation is 2. The van der Waals surface area contributed by atoms with E-state index in [-0.39, 0.29) is 11.1 Å². The molecular formula is C24H21BrN4O3. The topological polar surface area (TPSA) is 89.5 Å². The lowest BCUT2D eigenvalue weighted by molar-refractivity contribution is 0.0696. The molecule has 0 aliphatic rings. The summed E-state index contributed by atoms with van der Waals surface area (Å²) in [5.41, 5.74) is 4.76. The van der Waals surface area contributed by atoms with Crippen LogP contribution in [0.15, 0.2) is 56.8 Å². The van der Waals surface area contributed by atoms with Gasteiger partial charge in [0.15, 0.2) is 0 Å². The average Bonchev–Trinajstić information content (AvgIpc) is 3.02. The molecule has 0 aliphatic carbocycles. The van der Waals surface area contributed by atoms with Gasteiger partial charge in [-0.15, -0.1) is 0 Å².